The number of carbonyl (C=O) groups is 1. The first-order chi connectivity index (χ1) is 9.11. The van der Waals surface area contributed by atoms with E-state index in [4.69, 9.17) is 10.5 Å². The van der Waals surface area contributed by atoms with Gasteiger partial charge >= 0.3 is 6.03 Å². The number of amides is 2. The van der Waals surface area contributed by atoms with Crippen molar-refractivity contribution in [1.29, 1.82) is 0 Å². The molecule has 1 rings (SSSR count). The molecule has 0 saturated heterocycles. The Hall–Kier alpha value is -1.59. The lowest BCUT2D eigenvalue weighted by molar-refractivity contribution is 0.113. The quantitative estimate of drug-likeness (QED) is 0.659. The number of carbonyl (C=O) groups excluding carboxylic acids is 1. The van der Waals surface area contributed by atoms with Crippen LogP contribution < -0.4 is 16.4 Å². The number of ether oxygens (including phenoxy) is 1. The number of hydrogen-bond donors (Lipinski definition) is 3. The molecule has 106 valence electrons. The highest BCUT2D eigenvalue weighted by atomic mass is 16.5. The normalized spacial score (nSPS) is 10.5. The van der Waals surface area contributed by atoms with Gasteiger partial charge in [-0.2, -0.15) is 0 Å². The minimum Gasteiger partial charge on any atom is -0.379 e. The third-order valence-corrected chi connectivity index (χ3v) is 2.43. The zero-order valence-electron chi connectivity index (χ0n) is 11.6. The van der Waals surface area contributed by atoms with Crippen LogP contribution >= 0.6 is 0 Å². The van der Waals surface area contributed by atoms with E-state index in [1.807, 2.05) is 24.3 Å². The Balaban J connectivity index is 2.19. The van der Waals surface area contributed by atoms with Crippen molar-refractivity contribution in [3.63, 3.8) is 0 Å². The summed E-state index contributed by atoms with van der Waals surface area (Å²) < 4.78 is 5.37. The Kier molecular flexibility index (Phi) is 6.92. The van der Waals surface area contributed by atoms with Crippen molar-refractivity contribution in [2.24, 2.45) is 11.7 Å². The SMILES string of the molecule is CC(C)COCCNC(=O)Nc1ccc(CN)cc1. The van der Waals surface area contributed by atoms with E-state index in [9.17, 15) is 4.79 Å². The van der Waals surface area contributed by atoms with Gasteiger partial charge in [0.05, 0.1) is 6.61 Å². The van der Waals surface area contributed by atoms with Gasteiger partial charge in [0.25, 0.3) is 0 Å². The smallest absolute Gasteiger partial charge is 0.319 e. The molecule has 0 atom stereocenters. The number of urea groups is 1. The van der Waals surface area contributed by atoms with Crippen LogP contribution in [0, 0.1) is 5.92 Å². The first kappa shape index (κ1) is 15.5. The highest BCUT2D eigenvalue weighted by Crippen LogP contribution is 2.08. The molecule has 0 aliphatic carbocycles. The van der Waals surface area contributed by atoms with Crippen LogP contribution in [-0.2, 0) is 11.3 Å². The van der Waals surface area contributed by atoms with Crippen molar-refractivity contribution in [1.82, 2.24) is 5.32 Å². The Morgan fingerprint density at radius 1 is 1.32 bits per heavy atom. The fourth-order valence-corrected chi connectivity index (χ4v) is 1.46. The average Bonchev–Trinajstić information content (AvgIpc) is 2.39. The predicted molar refractivity (Wildman–Crippen MR) is 77.0 cm³/mol. The summed E-state index contributed by atoms with van der Waals surface area (Å²) in [6.07, 6.45) is 0. The second kappa shape index (κ2) is 8.50. The van der Waals surface area contributed by atoms with E-state index in [0.717, 1.165) is 11.3 Å². The van der Waals surface area contributed by atoms with E-state index in [1.165, 1.54) is 0 Å². The molecule has 2 amide bonds. The molecule has 0 aliphatic heterocycles. The molecule has 4 N–H and O–H groups in total. The fraction of sp³-hybridized carbons (Fsp3) is 0.500. The summed E-state index contributed by atoms with van der Waals surface area (Å²) in [7, 11) is 0. The number of nitrogens with one attached hydrogen (secondary N) is 2. The minimum absolute atomic E-state index is 0.228. The Morgan fingerprint density at radius 3 is 2.58 bits per heavy atom. The Morgan fingerprint density at radius 2 is 2.00 bits per heavy atom. The Labute approximate surface area is 114 Å². The van der Waals surface area contributed by atoms with E-state index in [1.54, 1.807) is 0 Å². The maximum Gasteiger partial charge on any atom is 0.319 e. The molecule has 0 fully saturated rings. The molecule has 0 aliphatic rings. The molecule has 19 heavy (non-hydrogen) atoms. The third-order valence-electron chi connectivity index (χ3n) is 2.43. The summed E-state index contributed by atoms with van der Waals surface area (Å²) >= 11 is 0. The first-order valence-electron chi connectivity index (χ1n) is 6.53. The fourth-order valence-electron chi connectivity index (χ4n) is 1.46. The molecule has 5 heteroatoms. The van der Waals surface area contributed by atoms with Gasteiger partial charge in [-0.1, -0.05) is 26.0 Å². The zero-order valence-corrected chi connectivity index (χ0v) is 11.6. The zero-order chi connectivity index (χ0) is 14.1. The van der Waals surface area contributed by atoms with Crippen LogP contribution in [0.15, 0.2) is 24.3 Å². The maximum atomic E-state index is 11.6. The Bertz CT molecular complexity index is 377. The standard InChI is InChI=1S/C14H23N3O2/c1-11(2)10-19-8-7-16-14(18)17-13-5-3-12(9-15)4-6-13/h3-6,11H,7-10,15H2,1-2H3,(H2,16,17,18). The molecule has 5 nitrogen and oxygen atoms in total. The van der Waals surface area contributed by atoms with Gasteiger partial charge < -0.3 is 21.1 Å². The number of anilines is 1. The molecule has 0 spiro atoms. The van der Waals surface area contributed by atoms with Crippen LogP contribution in [0.1, 0.15) is 19.4 Å². The van der Waals surface area contributed by atoms with Gasteiger partial charge in [-0.15, -0.1) is 0 Å². The van der Waals surface area contributed by atoms with E-state index < -0.39 is 0 Å². The van der Waals surface area contributed by atoms with Crippen molar-refractivity contribution in [2.75, 3.05) is 25.1 Å². The number of nitrogens with two attached hydrogens (primary N) is 1. The molecule has 0 saturated carbocycles. The van der Waals surface area contributed by atoms with Gasteiger partial charge in [0.15, 0.2) is 0 Å². The minimum atomic E-state index is -0.228. The van der Waals surface area contributed by atoms with Crippen molar-refractivity contribution in [3.8, 4) is 0 Å². The third kappa shape index (κ3) is 6.79. The molecule has 0 aromatic heterocycles. The van der Waals surface area contributed by atoms with Gasteiger partial charge in [-0.3, -0.25) is 0 Å². The number of hydrogen-bond acceptors (Lipinski definition) is 3. The van der Waals surface area contributed by atoms with Crippen LogP contribution in [0.4, 0.5) is 10.5 Å². The lowest BCUT2D eigenvalue weighted by Gasteiger charge is -2.09. The highest BCUT2D eigenvalue weighted by molar-refractivity contribution is 5.89. The second-order valence-electron chi connectivity index (χ2n) is 4.75. The van der Waals surface area contributed by atoms with E-state index in [0.29, 0.717) is 32.2 Å². The van der Waals surface area contributed by atoms with Gasteiger partial charge in [0, 0.05) is 25.4 Å². The van der Waals surface area contributed by atoms with Crippen molar-refractivity contribution in [3.05, 3.63) is 29.8 Å². The molecule has 0 heterocycles. The summed E-state index contributed by atoms with van der Waals surface area (Å²) in [5.41, 5.74) is 7.29. The summed E-state index contributed by atoms with van der Waals surface area (Å²) in [6, 6.07) is 7.21. The summed E-state index contributed by atoms with van der Waals surface area (Å²) in [5, 5.41) is 5.48. The average molecular weight is 265 g/mol. The highest BCUT2D eigenvalue weighted by Gasteiger charge is 2.01. The van der Waals surface area contributed by atoms with Crippen LogP contribution in [0.25, 0.3) is 0 Å². The molecule has 0 bridgehead atoms. The first-order valence-corrected chi connectivity index (χ1v) is 6.53. The monoisotopic (exact) mass is 265 g/mol. The van der Waals surface area contributed by atoms with Gasteiger partial charge in [0.1, 0.15) is 0 Å². The van der Waals surface area contributed by atoms with Gasteiger partial charge in [-0.05, 0) is 23.6 Å². The van der Waals surface area contributed by atoms with Crippen LogP contribution in [-0.4, -0.2) is 25.8 Å². The summed E-state index contributed by atoms with van der Waals surface area (Å²) in [4.78, 5) is 11.6. The molecular formula is C14H23N3O2. The molecule has 0 radical (unpaired) electrons. The topological polar surface area (TPSA) is 76.4 Å². The van der Waals surface area contributed by atoms with E-state index in [2.05, 4.69) is 24.5 Å². The molecular weight excluding hydrogens is 242 g/mol. The van der Waals surface area contributed by atoms with Crippen molar-refractivity contribution in [2.45, 2.75) is 20.4 Å². The largest absolute Gasteiger partial charge is 0.379 e. The summed E-state index contributed by atoms with van der Waals surface area (Å²) in [5.74, 6) is 0.509. The predicted octanol–water partition coefficient (Wildman–Crippen LogP) is 1.94. The number of rotatable bonds is 7. The van der Waals surface area contributed by atoms with Gasteiger partial charge in [0.2, 0.25) is 0 Å². The van der Waals surface area contributed by atoms with Crippen LogP contribution in [0.5, 0.6) is 0 Å². The van der Waals surface area contributed by atoms with E-state index in [-0.39, 0.29) is 6.03 Å². The number of benzene rings is 1. The molecule has 0 unspecified atom stereocenters. The summed E-state index contributed by atoms with van der Waals surface area (Å²) in [6.45, 7) is 6.41. The molecule has 1 aromatic carbocycles. The van der Waals surface area contributed by atoms with Crippen LogP contribution in [0.3, 0.4) is 0 Å². The molecule has 1 aromatic rings. The van der Waals surface area contributed by atoms with E-state index >= 15 is 0 Å². The van der Waals surface area contributed by atoms with Crippen molar-refractivity contribution >= 4 is 11.7 Å². The maximum absolute atomic E-state index is 11.6. The second-order valence-corrected chi connectivity index (χ2v) is 4.75. The van der Waals surface area contributed by atoms with Crippen LogP contribution in [0.2, 0.25) is 0 Å². The lowest BCUT2D eigenvalue weighted by atomic mass is 10.2. The van der Waals surface area contributed by atoms with Gasteiger partial charge in [-0.25, -0.2) is 4.79 Å². The lowest BCUT2D eigenvalue weighted by Crippen LogP contribution is -2.31. The van der Waals surface area contributed by atoms with Crippen molar-refractivity contribution < 1.29 is 9.53 Å².